The zero-order chi connectivity index (χ0) is 20.8. The number of hydrogen-bond acceptors (Lipinski definition) is 5. The van der Waals surface area contributed by atoms with Gasteiger partial charge in [0.05, 0.1) is 12.3 Å². The number of rotatable bonds is 8. The Bertz CT molecular complexity index is 947. The summed E-state index contributed by atoms with van der Waals surface area (Å²) < 4.78 is 12.4. The minimum absolute atomic E-state index is 0.0207. The Balaban J connectivity index is 1.91. The van der Waals surface area contributed by atoms with Gasteiger partial charge in [-0.05, 0) is 31.2 Å². The maximum absolute atomic E-state index is 11.9. The van der Waals surface area contributed by atoms with Crippen molar-refractivity contribution in [1.29, 1.82) is 0 Å². The van der Waals surface area contributed by atoms with Gasteiger partial charge in [-0.25, -0.2) is 4.68 Å². The Kier molecular flexibility index (Phi) is 6.61. The number of benzene rings is 2. The standard InChI is InChI=1S/C22H26N4O3/c1-15(2)21(27)23-18-9-11-19(12-10-18)26-20(17-7-5-16(3)6-8-17)24-22(25-26)29-14-13-28-4/h5-12,15H,13-14H2,1-4H3,(H,23,27). The summed E-state index contributed by atoms with van der Waals surface area (Å²) in [7, 11) is 1.62. The van der Waals surface area contributed by atoms with Crippen molar-refractivity contribution in [2.24, 2.45) is 5.92 Å². The van der Waals surface area contributed by atoms with Gasteiger partial charge in [-0.15, -0.1) is 5.10 Å². The lowest BCUT2D eigenvalue weighted by Crippen LogP contribution is -2.17. The fourth-order valence-electron chi connectivity index (χ4n) is 2.61. The lowest BCUT2D eigenvalue weighted by molar-refractivity contribution is -0.118. The second-order valence-corrected chi connectivity index (χ2v) is 7.03. The Morgan fingerprint density at radius 2 is 1.76 bits per heavy atom. The van der Waals surface area contributed by atoms with Crippen LogP contribution in [0.5, 0.6) is 6.01 Å². The van der Waals surface area contributed by atoms with Crippen molar-refractivity contribution in [1.82, 2.24) is 14.8 Å². The number of anilines is 1. The molecule has 0 unspecified atom stereocenters. The van der Waals surface area contributed by atoms with Crippen molar-refractivity contribution in [3.8, 4) is 23.1 Å². The Morgan fingerprint density at radius 3 is 2.38 bits per heavy atom. The molecule has 3 rings (SSSR count). The molecule has 0 saturated heterocycles. The third-order valence-electron chi connectivity index (χ3n) is 4.32. The van der Waals surface area contributed by atoms with Crippen molar-refractivity contribution < 1.29 is 14.3 Å². The molecule has 7 nitrogen and oxygen atoms in total. The van der Waals surface area contributed by atoms with Gasteiger partial charge in [0.2, 0.25) is 5.91 Å². The fraction of sp³-hybridized carbons (Fsp3) is 0.318. The van der Waals surface area contributed by atoms with Gasteiger partial charge < -0.3 is 14.8 Å². The van der Waals surface area contributed by atoms with E-state index >= 15 is 0 Å². The molecular weight excluding hydrogens is 368 g/mol. The normalized spacial score (nSPS) is 10.9. The number of methoxy groups -OCH3 is 1. The first-order valence-corrected chi connectivity index (χ1v) is 9.55. The number of hydrogen-bond donors (Lipinski definition) is 1. The maximum atomic E-state index is 11.9. The van der Waals surface area contributed by atoms with E-state index in [1.807, 2.05) is 69.3 Å². The highest BCUT2D eigenvalue weighted by Crippen LogP contribution is 2.25. The highest BCUT2D eigenvalue weighted by molar-refractivity contribution is 5.92. The molecule has 1 N–H and O–H groups in total. The summed E-state index contributed by atoms with van der Waals surface area (Å²) in [5.74, 6) is 0.578. The molecule has 0 radical (unpaired) electrons. The summed E-state index contributed by atoms with van der Waals surface area (Å²) >= 11 is 0. The molecule has 0 atom stereocenters. The van der Waals surface area contributed by atoms with E-state index < -0.39 is 0 Å². The number of carbonyl (C=O) groups excluding carboxylic acids is 1. The summed E-state index contributed by atoms with van der Waals surface area (Å²) in [6.45, 7) is 6.58. The van der Waals surface area contributed by atoms with Crippen molar-refractivity contribution in [3.05, 3.63) is 54.1 Å². The molecule has 2 aromatic carbocycles. The van der Waals surface area contributed by atoms with Crippen LogP contribution in [0.3, 0.4) is 0 Å². The average molecular weight is 394 g/mol. The van der Waals surface area contributed by atoms with E-state index in [1.165, 1.54) is 5.56 Å². The van der Waals surface area contributed by atoms with Crippen LogP contribution in [0.2, 0.25) is 0 Å². The van der Waals surface area contributed by atoms with Crippen molar-refractivity contribution in [2.45, 2.75) is 20.8 Å². The summed E-state index contributed by atoms with van der Waals surface area (Å²) in [5, 5.41) is 7.40. The van der Waals surface area contributed by atoms with Gasteiger partial charge >= 0.3 is 6.01 Å². The third-order valence-corrected chi connectivity index (χ3v) is 4.32. The largest absolute Gasteiger partial charge is 0.460 e. The molecule has 29 heavy (non-hydrogen) atoms. The van der Waals surface area contributed by atoms with E-state index in [0.717, 1.165) is 16.9 Å². The van der Waals surface area contributed by atoms with E-state index in [0.29, 0.717) is 19.0 Å². The van der Waals surface area contributed by atoms with Gasteiger partial charge in [-0.2, -0.15) is 4.98 Å². The van der Waals surface area contributed by atoms with Gasteiger partial charge in [-0.3, -0.25) is 4.79 Å². The van der Waals surface area contributed by atoms with Crippen LogP contribution < -0.4 is 10.1 Å². The number of carbonyl (C=O) groups is 1. The number of ether oxygens (including phenoxy) is 2. The average Bonchev–Trinajstić information content (AvgIpc) is 3.13. The zero-order valence-corrected chi connectivity index (χ0v) is 17.2. The fourth-order valence-corrected chi connectivity index (χ4v) is 2.61. The SMILES string of the molecule is COCCOc1nc(-c2ccc(C)cc2)n(-c2ccc(NC(=O)C(C)C)cc2)n1. The van der Waals surface area contributed by atoms with Crippen molar-refractivity contribution in [2.75, 3.05) is 25.6 Å². The molecule has 0 aliphatic rings. The molecule has 0 aliphatic heterocycles. The Hall–Kier alpha value is -3.19. The predicted octanol–water partition coefficient (Wildman–Crippen LogP) is 3.86. The first-order valence-electron chi connectivity index (χ1n) is 9.55. The predicted molar refractivity (Wildman–Crippen MR) is 112 cm³/mol. The van der Waals surface area contributed by atoms with Gasteiger partial charge in [0.15, 0.2) is 5.82 Å². The van der Waals surface area contributed by atoms with Crippen molar-refractivity contribution >= 4 is 11.6 Å². The van der Waals surface area contributed by atoms with Gasteiger partial charge in [0.25, 0.3) is 0 Å². The quantitative estimate of drug-likeness (QED) is 0.587. The van der Waals surface area contributed by atoms with Crippen LogP contribution in [0, 0.1) is 12.8 Å². The summed E-state index contributed by atoms with van der Waals surface area (Å²) in [4.78, 5) is 16.5. The molecule has 0 spiro atoms. The van der Waals surface area contributed by atoms with E-state index in [1.54, 1.807) is 11.8 Å². The van der Waals surface area contributed by atoms with Crippen molar-refractivity contribution in [3.63, 3.8) is 0 Å². The molecule has 0 aliphatic carbocycles. The molecule has 1 amide bonds. The van der Waals surface area contributed by atoms with Crippen LogP contribution >= 0.6 is 0 Å². The molecule has 1 aromatic heterocycles. The smallest absolute Gasteiger partial charge is 0.336 e. The highest BCUT2D eigenvalue weighted by Gasteiger charge is 2.15. The molecular formula is C22H26N4O3. The molecule has 1 heterocycles. The van der Waals surface area contributed by atoms with Crippen LogP contribution in [0.4, 0.5) is 5.69 Å². The van der Waals surface area contributed by atoms with Gasteiger partial charge in [0.1, 0.15) is 6.61 Å². The van der Waals surface area contributed by atoms with Crippen LogP contribution in [0.25, 0.3) is 17.1 Å². The first kappa shape index (κ1) is 20.5. The lowest BCUT2D eigenvalue weighted by atomic mass is 10.1. The van der Waals surface area contributed by atoms with Gasteiger partial charge in [-0.1, -0.05) is 43.7 Å². The monoisotopic (exact) mass is 394 g/mol. The van der Waals surface area contributed by atoms with E-state index in [9.17, 15) is 4.79 Å². The van der Waals surface area contributed by atoms with Crippen LogP contribution in [-0.4, -0.2) is 41.0 Å². The summed E-state index contributed by atoms with van der Waals surface area (Å²) in [6.07, 6.45) is 0. The Morgan fingerprint density at radius 1 is 1.07 bits per heavy atom. The molecule has 7 heteroatoms. The Labute approximate surface area is 170 Å². The number of amides is 1. The molecule has 3 aromatic rings. The highest BCUT2D eigenvalue weighted by atomic mass is 16.5. The van der Waals surface area contributed by atoms with E-state index in [-0.39, 0.29) is 17.8 Å². The number of aromatic nitrogens is 3. The number of nitrogens with one attached hydrogen (secondary N) is 1. The third kappa shape index (κ3) is 5.20. The van der Waals surface area contributed by atoms with E-state index in [4.69, 9.17) is 9.47 Å². The number of nitrogens with zero attached hydrogens (tertiary/aromatic N) is 3. The van der Waals surface area contributed by atoms with Crippen LogP contribution in [0.15, 0.2) is 48.5 Å². The lowest BCUT2D eigenvalue weighted by Gasteiger charge is -2.10. The topological polar surface area (TPSA) is 78.3 Å². The van der Waals surface area contributed by atoms with Gasteiger partial charge in [0, 0.05) is 24.3 Å². The maximum Gasteiger partial charge on any atom is 0.336 e. The van der Waals surface area contributed by atoms with Crippen LogP contribution in [0.1, 0.15) is 19.4 Å². The van der Waals surface area contributed by atoms with Crippen LogP contribution in [-0.2, 0) is 9.53 Å². The zero-order valence-electron chi connectivity index (χ0n) is 17.2. The molecule has 0 fully saturated rings. The molecule has 0 saturated carbocycles. The first-order chi connectivity index (χ1) is 14.0. The minimum Gasteiger partial charge on any atom is -0.460 e. The number of aryl methyl sites for hydroxylation is 1. The summed E-state index contributed by atoms with van der Waals surface area (Å²) in [5.41, 5.74) is 3.65. The molecule has 0 bridgehead atoms. The van der Waals surface area contributed by atoms with E-state index in [2.05, 4.69) is 15.4 Å². The second-order valence-electron chi connectivity index (χ2n) is 7.03. The second kappa shape index (κ2) is 9.34. The minimum atomic E-state index is -0.0788. The molecule has 152 valence electrons. The summed E-state index contributed by atoms with van der Waals surface area (Å²) in [6, 6.07) is 15.8.